The zero-order valence-corrected chi connectivity index (χ0v) is 14.1. The molecule has 0 aliphatic rings. The summed E-state index contributed by atoms with van der Waals surface area (Å²) in [4.78, 5) is 0. The van der Waals surface area contributed by atoms with E-state index in [0.717, 1.165) is 19.8 Å². The fourth-order valence-corrected chi connectivity index (χ4v) is 2.12. The van der Waals surface area contributed by atoms with Crippen molar-refractivity contribution in [2.45, 2.75) is 85.6 Å². The van der Waals surface area contributed by atoms with Crippen LogP contribution in [0.2, 0.25) is 0 Å². The number of rotatable bonds is 12. The van der Waals surface area contributed by atoms with Gasteiger partial charge in [0.25, 0.3) is 0 Å². The smallest absolute Gasteiger partial charge is 0.0624 e. The van der Waals surface area contributed by atoms with Crippen molar-refractivity contribution in [2.75, 3.05) is 19.8 Å². The molecule has 0 rings (SSSR count). The predicted octanol–water partition coefficient (Wildman–Crippen LogP) is 4.78. The molecular formula is C17H37NO. The third-order valence-corrected chi connectivity index (χ3v) is 3.61. The molecule has 0 radical (unpaired) electrons. The first-order valence-corrected chi connectivity index (χ1v) is 8.33. The van der Waals surface area contributed by atoms with Crippen LogP contribution in [0, 0.1) is 5.41 Å². The Morgan fingerprint density at radius 1 is 0.895 bits per heavy atom. The standard InChI is InChI=1S/C17H37NO/c1-6-8-9-10-11-12-14-19-15-16(17(3,4)5)18-13-7-2/h16,18H,6-15H2,1-5H3. The quantitative estimate of drug-likeness (QED) is 0.516. The first-order chi connectivity index (χ1) is 9.02. The van der Waals surface area contributed by atoms with E-state index in [1.165, 1.54) is 44.9 Å². The van der Waals surface area contributed by atoms with Crippen molar-refractivity contribution in [3.8, 4) is 0 Å². The van der Waals surface area contributed by atoms with Crippen LogP contribution in [0.1, 0.15) is 79.6 Å². The molecule has 1 unspecified atom stereocenters. The third kappa shape index (κ3) is 11.4. The molecular weight excluding hydrogens is 234 g/mol. The molecule has 19 heavy (non-hydrogen) atoms. The Morgan fingerprint density at radius 2 is 1.53 bits per heavy atom. The normalized spacial score (nSPS) is 13.7. The van der Waals surface area contributed by atoms with Gasteiger partial charge in [-0.2, -0.15) is 0 Å². The fourth-order valence-electron chi connectivity index (χ4n) is 2.12. The van der Waals surface area contributed by atoms with E-state index in [0.29, 0.717) is 6.04 Å². The summed E-state index contributed by atoms with van der Waals surface area (Å²) in [5, 5.41) is 3.60. The second-order valence-corrected chi connectivity index (χ2v) is 6.72. The Kier molecular flexibility index (Phi) is 11.7. The summed E-state index contributed by atoms with van der Waals surface area (Å²) in [5.41, 5.74) is 0.274. The van der Waals surface area contributed by atoms with Crippen LogP contribution >= 0.6 is 0 Å². The molecule has 0 heterocycles. The van der Waals surface area contributed by atoms with E-state index in [2.05, 4.69) is 39.9 Å². The number of ether oxygens (including phenoxy) is 1. The summed E-state index contributed by atoms with van der Waals surface area (Å²) < 4.78 is 5.86. The van der Waals surface area contributed by atoms with Crippen LogP contribution in [0.3, 0.4) is 0 Å². The first kappa shape index (κ1) is 18.9. The molecule has 0 aliphatic carbocycles. The maximum absolute atomic E-state index is 5.86. The first-order valence-electron chi connectivity index (χ1n) is 8.33. The number of hydrogen-bond acceptors (Lipinski definition) is 2. The molecule has 0 aromatic heterocycles. The van der Waals surface area contributed by atoms with Crippen molar-refractivity contribution in [1.82, 2.24) is 5.32 Å². The average Bonchev–Trinajstić information content (AvgIpc) is 2.34. The minimum Gasteiger partial charge on any atom is -0.380 e. The van der Waals surface area contributed by atoms with E-state index in [1.807, 2.05) is 0 Å². The molecule has 0 amide bonds. The molecule has 116 valence electrons. The van der Waals surface area contributed by atoms with Gasteiger partial charge in [0.15, 0.2) is 0 Å². The highest BCUT2D eigenvalue weighted by Gasteiger charge is 2.23. The second-order valence-electron chi connectivity index (χ2n) is 6.72. The van der Waals surface area contributed by atoms with Crippen LogP contribution in [0.25, 0.3) is 0 Å². The van der Waals surface area contributed by atoms with Crippen LogP contribution in [0.5, 0.6) is 0 Å². The Hall–Kier alpha value is -0.0800. The number of unbranched alkanes of at least 4 members (excludes halogenated alkanes) is 5. The average molecular weight is 271 g/mol. The molecule has 0 saturated carbocycles. The van der Waals surface area contributed by atoms with Crippen LogP contribution in [-0.2, 0) is 4.74 Å². The summed E-state index contributed by atoms with van der Waals surface area (Å²) in [7, 11) is 0. The SMILES string of the molecule is CCCCCCCCOCC(NCCC)C(C)(C)C. The minimum absolute atomic E-state index is 0.274. The van der Waals surface area contributed by atoms with Gasteiger partial charge in [0.2, 0.25) is 0 Å². The monoisotopic (exact) mass is 271 g/mol. The predicted molar refractivity (Wildman–Crippen MR) is 85.7 cm³/mol. The molecule has 0 aromatic carbocycles. The van der Waals surface area contributed by atoms with Crippen molar-refractivity contribution < 1.29 is 4.74 Å². The molecule has 1 N–H and O–H groups in total. The molecule has 0 aromatic rings. The van der Waals surface area contributed by atoms with E-state index in [-0.39, 0.29) is 5.41 Å². The lowest BCUT2D eigenvalue weighted by Crippen LogP contribution is -2.44. The summed E-state index contributed by atoms with van der Waals surface area (Å²) in [6.45, 7) is 14.2. The fraction of sp³-hybridized carbons (Fsp3) is 1.00. The van der Waals surface area contributed by atoms with Gasteiger partial charge in [-0.25, -0.2) is 0 Å². The van der Waals surface area contributed by atoms with Crippen molar-refractivity contribution in [3.05, 3.63) is 0 Å². The highest BCUT2D eigenvalue weighted by atomic mass is 16.5. The van der Waals surface area contributed by atoms with Crippen LogP contribution in [-0.4, -0.2) is 25.8 Å². The van der Waals surface area contributed by atoms with Crippen molar-refractivity contribution in [3.63, 3.8) is 0 Å². The molecule has 0 fully saturated rings. The number of nitrogens with one attached hydrogen (secondary N) is 1. The van der Waals surface area contributed by atoms with Gasteiger partial charge in [0.05, 0.1) is 6.61 Å². The highest BCUT2D eigenvalue weighted by Crippen LogP contribution is 2.19. The van der Waals surface area contributed by atoms with Gasteiger partial charge in [-0.15, -0.1) is 0 Å². The molecule has 1 atom stereocenters. The van der Waals surface area contributed by atoms with E-state index < -0.39 is 0 Å². The van der Waals surface area contributed by atoms with Gasteiger partial charge in [-0.3, -0.25) is 0 Å². The third-order valence-electron chi connectivity index (χ3n) is 3.61. The van der Waals surface area contributed by atoms with E-state index in [9.17, 15) is 0 Å². The molecule has 2 nitrogen and oxygen atoms in total. The van der Waals surface area contributed by atoms with E-state index >= 15 is 0 Å². The van der Waals surface area contributed by atoms with E-state index in [1.54, 1.807) is 0 Å². The van der Waals surface area contributed by atoms with Gasteiger partial charge in [0.1, 0.15) is 0 Å². The molecule has 0 saturated heterocycles. The maximum Gasteiger partial charge on any atom is 0.0624 e. The molecule has 2 heteroatoms. The van der Waals surface area contributed by atoms with Gasteiger partial charge < -0.3 is 10.1 Å². The molecule has 0 bridgehead atoms. The maximum atomic E-state index is 5.86. The molecule has 0 spiro atoms. The van der Waals surface area contributed by atoms with E-state index in [4.69, 9.17) is 4.74 Å². The zero-order valence-electron chi connectivity index (χ0n) is 14.1. The Labute approximate surface area is 121 Å². The van der Waals surface area contributed by atoms with Gasteiger partial charge in [0, 0.05) is 12.6 Å². The summed E-state index contributed by atoms with van der Waals surface area (Å²) in [6, 6.07) is 0.465. The summed E-state index contributed by atoms with van der Waals surface area (Å²) >= 11 is 0. The zero-order chi connectivity index (χ0) is 14.6. The lowest BCUT2D eigenvalue weighted by Gasteiger charge is -2.31. The lowest BCUT2D eigenvalue weighted by molar-refractivity contribution is 0.0731. The topological polar surface area (TPSA) is 21.3 Å². The van der Waals surface area contributed by atoms with Crippen LogP contribution < -0.4 is 5.32 Å². The van der Waals surface area contributed by atoms with Crippen LogP contribution in [0.4, 0.5) is 0 Å². The van der Waals surface area contributed by atoms with Gasteiger partial charge in [-0.1, -0.05) is 66.7 Å². The van der Waals surface area contributed by atoms with Crippen molar-refractivity contribution in [1.29, 1.82) is 0 Å². The summed E-state index contributed by atoms with van der Waals surface area (Å²) in [5.74, 6) is 0. The Morgan fingerprint density at radius 3 is 2.11 bits per heavy atom. The number of hydrogen-bond donors (Lipinski definition) is 1. The summed E-state index contributed by atoms with van der Waals surface area (Å²) in [6.07, 6.45) is 9.19. The largest absolute Gasteiger partial charge is 0.380 e. The minimum atomic E-state index is 0.274. The highest BCUT2D eigenvalue weighted by molar-refractivity contribution is 4.80. The lowest BCUT2D eigenvalue weighted by atomic mass is 9.87. The van der Waals surface area contributed by atoms with Gasteiger partial charge in [-0.05, 0) is 24.8 Å². The van der Waals surface area contributed by atoms with Gasteiger partial charge >= 0.3 is 0 Å². The van der Waals surface area contributed by atoms with Crippen molar-refractivity contribution >= 4 is 0 Å². The second kappa shape index (κ2) is 11.7. The Bertz CT molecular complexity index is 186. The Balaban J connectivity index is 3.58. The molecule has 0 aliphatic heterocycles. The van der Waals surface area contributed by atoms with Crippen LogP contribution in [0.15, 0.2) is 0 Å². The van der Waals surface area contributed by atoms with Crippen molar-refractivity contribution in [2.24, 2.45) is 5.41 Å².